The number of hydrogen-bond donors (Lipinski definition) is 0. The highest BCUT2D eigenvalue weighted by Gasteiger charge is 1.92. The van der Waals surface area contributed by atoms with E-state index in [4.69, 9.17) is 6.42 Å². The fourth-order valence-corrected chi connectivity index (χ4v) is 1.18. The van der Waals surface area contributed by atoms with Gasteiger partial charge < -0.3 is 0 Å². The summed E-state index contributed by atoms with van der Waals surface area (Å²) < 4.78 is 0. The first-order valence-electron chi connectivity index (χ1n) is 3.34. The molecule has 0 aliphatic carbocycles. The second kappa shape index (κ2) is 6.70. The number of carbonyl (C=O) groups excluding carboxylic acids is 1. The first-order valence-corrected chi connectivity index (χ1v) is 4.32. The predicted molar refractivity (Wildman–Crippen MR) is 45.8 cm³/mol. The number of hydrogen-bond acceptors (Lipinski definition) is 2. The van der Waals surface area contributed by atoms with Gasteiger partial charge in [-0.1, -0.05) is 11.8 Å². The first kappa shape index (κ1) is 9.58. The lowest BCUT2D eigenvalue weighted by molar-refractivity contribution is -0.109. The minimum atomic E-state index is 0.195. The fraction of sp³-hybridized carbons (Fsp3) is 0.625. The number of terminal acetylenes is 1. The first-order chi connectivity index (χ1) is 4.77. The average molecular weight is 156 g/mol. The molecule has 0 rings (SSSR count). The molecule has 0 heterocycles. The molecule has 10 heavy (non-hydrogen) atoms. The molecule has 2 heteroatoms. The number of thioether (sulfide) groups is 1. The van der Waals surface area contributed by atoms with Crippen LogP contribution >= 0.6 is 11.8 Å². The van der Waals surface area contributed by atoms with Crippen molar-refractivity contribution in [3.05, 3.63) is 0 Å². The Morgan fingerprint density at radius 3 is 2.80 bits per heavy atom. The standard InChI is InChI=1S/C8H12OS/c1-3-4-5-6-7-10-8(2)9/h1H,4-7H2,2H3. The van der Waals surface area contributed by atoms with Gasteiger partial charge in [-0.3, -0.25) is 4.79 Å². The zero-order valence-electron chi connectivity index (χ0n) is 6.22. The van der Waals surface area contributed by atoms with Crippen LogP contribution in [0.5, 0.6) is 0 Å². The molecule has 0 aromatic heterocycles. The lowest BCUT2D eigenvalue weighted by Gasteiger charge is -1.93. The molecule has 0 saturated carbocycles. The van der Waals surface area contributed by atoms with Crippen LogP contribution in [0, 0.1) is 12.3 Å². The van der Waals surface area contributed by atoms with Gasteiger partial charge in [-0.2, -0.15) is 0 Å². The molecular formula is C8H12OS. The molecule has 0 unspecified atom stereocenters. The Balaban J connectivity index is 2.92. The van der Waals surface area contributed by atoms with Gasteiger partial charge in [0.1, 0.15) is 0 Å². The van der Waals surface area contributed by atoms with Crippen LogP contribution in [0.4, 0.5) is 0 Å². The molecule has 0 bridgehead atoms. The van der Waals surface area contributed by atoms with Crippen LogP contribution in [0.3, 0.4) is 0 Å². The molecule has 0 aromatic rings. The molecule has 0 aromatic carbocycles. The van der Waals surface area contributed by atoms with Crippen molar-refractivity contribution in [1.82, 2.24) is 0 Å². The lowest BCUT2D eigenvalue weighted by atomic mass is 10.3. The topological polar surface area (TPSA) is 17.1 Å². The van der Waals surface area contributed by atoms with Crippen LogP contribution in [-0.4, -0.2) is 10.9 Å². The van der Waals surface area contributed by atoms with E-state index in [1.807, 2.05) is 0 Å². The Morgan fingerprint density at radius 2 is 2.30 bits per heavy atom. The van der Waals surface area contributed by atoms with E-state index < -0.39 is 0 Å². The van der Waals surface area contributed by atoms with Crippen molar-refractivity contribution >= 4 is 16.9 Å². The lowest BCUT2D eigenvalue weighted by Crippen LogP contribution is -1.85. The van der Waals surface area contributed by atoms with Crippen LogP contribution in [0.2, 0.25) is 0 Å². The molecule has 0 amide bonds. The van der Waals surface area contributed by atoms with Crippen LogP contribution < -0.4 is 0 Å². The molecule has 0 N–H and O–H groups in total. The Morgan fingerprint density at radius 1 is 1.60 bits per heavy atom. The number of carbonyl (C=O) groups is 1. The molecule has 0 aliphatic rings. The molecule has 0 spiro atoms. The Kier molecular flexibility index (Phi) is 6.42. The van der Waals surface area contributed by atoms with Crippen LogP contribution in [0.15, 0.2) is 0 Å². The summed E-state index contributed by atoms with van der Waals surface area (Å²) in [6.45, 7) is 1.59. The third-order valence-electron chi connectivity index (χ3n) is 1.02. The van der Waals surface area contributed by atoms with Crippen molar-refractivity contribution in [1.29, 1.82) is 0 Å². The Hall–Kier alpha value is -0.420. The minimum Gasteiger partial charge on any atom is -0.288 e. The van der Waals surface area contributed by atoms with Crippen LogP contribution in [-0.2, 0) is 4.79 Å². The Bertz CT molecular complexity index is 135. The largest absolute Gasteiger partial charge is 0.288 e. The van der Waals surface area contributed by atoms with Gasteiger partial charge in [0.2, 0.25) is 0 Å². The fourth-order valence-electron chi connectivity index (χ4n) is 0.545. The summed E-state index contributed by atoms with van der Waals surface area (Å²) in [6.07, 6.45) is 7.97. The van der Waals surface area contributed by atoms with E-state index in [9.17, 15) is 4.79 Å². The van der Waals surface area contributed by atoms with E-state index in [1.165, 1.54) is 11.8 Å². The summed E-state index contributed by atoms with van der Waals surface area (Å²) in [5.41, 5.74) is 0. The highest BCUT2D eigenvalue weighted by molar-refractivity contribution is 8.13. The summed E-state index contributed by atoms with van der Waals surface area (Å²) in [4.78, 5) is 10.4. The summed E-state index contributed by atoms with van der Waals surface area (Å²) in [5, 5.41) is 0.195. The molecule has 56 valence electrons. The van der Waals surface area contributed by atoms with E-state index in [1.54, 1.807) is 6.92 Å². The maximum Gasteiger partial charge on any atom is 0.185 e. The average Bonchev–Trinajstić information content (AvgIpc) is 1.87. The summed E-state index contributed by atoms with van der Waals surface area (Å²) in [5.74, 6) is 3.48. The van der Waals surface area contributed by atoms with Gasteiger partial charge in [-0.25, -0.2) is 0 Å². The van der Waals surface area contributed by atoms with Gasteiger partial charge in [0.25, 0.3) is 0 Å². The second-order valence-electron chi connectivity index (χ2n) is 2.00. The third kappa shape index (κ3) is 7.58. The monoisotopic (exact) mass is 156 g/mol. The van der Waals surface area contributed by atoms with E-state index in [0.717, 1.165) is 25.0 Å². The molecule has 0 fully saturated rings. The van der Waals surface area contributed by atoms with Crippen molar-refractivity contribution in [3.8, 4) is 12.3 Å². The maximum absolute atomic E-state index is 10.4. The molecule has 0 atom stereocenters. The van der Waals surface area contributed by atoms with Crippen molar-refractivity contribution in [2.75, 3.05) is 5.75 Å². The minimum absolute atomic E-state index is 0.195. The smallest absolute Gasteiger partial charge is 0.185 e. The van der Waals surface area contributed by atoms with Crippen molar-refractivity contribution in [2.24, 2.45) is 0 Å². The summed E-state index contributed by atoms with van der Waals surface area (Å²) in [6, 6.07) is 0. The second-order valence-corrected chi connectivity index (χ2v) is 3.27. The zero-order valence-corrected chi connectivity index (χ0v) is 7.04. The zero-order chi connectivity index (χ0) is 7.82. The van der Waals surface area contributed by atoms with E-state index >= 15 is 0 Å². The summed E-state index contributed by atoms with van der Waals surface area (Å²) in [7, 11) is 0. The van der Waals surface area contributed by atoms with Gasteiger partial charge in [-0.05, 0) is 12.8 Å². The molecule has 0 radical (unpaired) electrons. The van der Waals surface area contributed by atoms with Gasteiger partial charge in [0.05, 0.1) is 0 Å². The van der Waals surface area contributed by atoms with Crippen molar-refractivity contribution in [2.45, 2.75) is 26.2 Å². The SMILES string of the molecule is C#CCCCCSC(C)=O. The van der Waals surface area contributed by atoms with Gasteiger partial charge in [-0.15, -0.1) is 12.3 Å². The van der Waals surface area contributed by atoms with Crippen LogP contribution in [0.1, 0.15) is 26.2 Å². The highest BCUT2D eigenvalue weighted by Crippen LogP contribution is 2.05. The van der Waals surface area contributed by atoms with Crippen molar-refractivity contribution < 1.29 is 4.79 Å². The van der Waals surface area contributed by atoms with E-state index in [-0.39, 0.29) is 5.12 Å². The maximum atomic E-state index is 10.4. The van der Waals surface area contributed by atoms with Crippen molar-refractivity contribution in [3.63, 3.8) is 0 Å². The van der Waals surface area contributed by atoms with Gasteiger partial charge >= 0.3 is 0 Å². The van der Waals surface area contributed by atoms with Gasteiger partial charge in [0, 0.05) is 19.1 Å². The predicted octanol–water partition coefficient (Wildman–Crippen LogP) is 2.07. The normalized spacial score (nSPS) is 8.80. The number of unbranched alkanes of at least 4 members (excludes halogenated alkanes) is 2. The molecular weight excluding hydrogens is 144 g/mol. The quantitative estimate of drug-likeness (QED) is 0.458. The van der Waals surface area contributed by atoms with E-state index in [2.05, 4.69) is 5.92 Å². The molecule has 0 aliphatic heterocycles. The molecule has 0 saturated heterocycles. The van der Waals surface area contributed by atoms with Gasteiger partial charge in [0.15, 0.2) is 5.12 Å². The highest BCUT2D eigenvalue weighted by atomic mass is 32.2. The number of rotatable bonds is 4. The summed E-state index contributed by atoms with van der Waals surface area (Å²) >= 11 is 1.37. The Labute approximate surface area is 66.6 Å². The van der Waals surface area contributed by atoms with Crippen LogP contribution in [0.25, 0.3) is 0 Å². The van der Waals surface area contributed by atoms with E-state index in [0.29, 0.717) is 0 Å². The third-order valence-corrected chi connectivity index (χ3v) is 1.92. The molecule has 1 nitrogen and oxygen atoms in total.